The molecule has 0 spiro atoms. The summed E-state index contributed by atoms with van der Waals surface area (Å²) in [7, 11) is 0. The highest BCUT2D eigenvalue weighted by atomic mass is 16.4. The Labute approximate surface area is 144 Å². The summed E-state index contributed by atoms with van der Waals surface area (Å²) in [5.41, 5.74) is -0.376. The Hall–Kier alpha value is -2.82. The van der Waals surface area contributed by atoms with Gasteiger partial charge in [-0.15, -0.1) is 0 Å². The second-order valence-electron chi connectivity index (χ2n) is 6.82. The number of rotatable bonds is 3. The number of fused-ring (bicyclic) bond motifs is 3. The lowest BCUT2D eigenvalue weighted by molar-refractivity contribution is -0.155. The number of amides is 1. The molecule has 1 fully saturated rings. The number of hydrogen-bond donors (Lipinski definition) is 1. The number of carbonyl (C=O) groups excluding carboxylic acids is 1. The molecule has 1 saturated heterocycles. The highest BCUT2D eigenvalue weighted by Crippen LogP contribution is 2.32. The maximum absolute atomic E-state index is 12.7. The Morgan fingerprint density at radius 2 is 2.00 bits per heavy atom. The number of likely N-dealkylation sites (tertiary alicyclic amines) is 1. The molecule has 5 heteroatoms. The van der Waals surface area contributed by atoms with Crippen LogP contribution in [-0.2, 0) is 16.0 Å². The van der Waals surface area contributed by atoms with Crippen molar-refractivity contribution in [2.45, 2.75) is 31.7 Å². The zero-order valence-corrected chi connectivity index (χ0v) is 14.0. The molecule has 5 nitrogen and oxygen atoms in total. The third kappa shape index (κ3) is 2.47. The number of benzene rings is 2. The molecule has 128 valence electrons. The molecule has 4 rings (SSSR count). The van der Waals surface area contributed by atoms with Gasteiger partial charge in [0.2, 0.25) is 5.91 Å². The number of carboxylic acid groups (broad SMARTS) is 1. The normalized spacial score (nSPS) is 20.4. The maximum Gasteiger partial charge on any atom is 0.329 e. The molecule has 3 aromatic rings. The van der Waals surface area contributed by atoms with Gasteiger partial charge in [0.15, 0.2) is 0 Å². The van der Waals surface area contributed by atoms with E-state index in [1.165, 1.54) is 4.90 Å². The van der Waals surface area contributed by atoms with Crippen LogP contribution in [0, 0.1) is 0 Å². The smallest absolute Gasteiger partial charge is 0.329 e. The second-order valence-corrected chi connectivity index (χ2v) is 6.82. The average Bonchev–Trinajstić information content (AvgIpc) is 3.18. The number of nitrogens with zero attached hydrogens (tertiary/aromatic N) is 1. The average molecular weight is 337 g/mol. The van der Waals surface area contributed by atoms with E-state index < -0.39 is 11.5 Å². The van der Waals surface area contributed by atoms with E-state index in [1.807, 2.05) is 42.5 Å². The Morgan fingerprint density at radius 1 is 1.20 bits per heavy atom. The van der Waals surface area contributed by atoms with Crippen molar-refractivity contribution < 1.29 is 19.1 Å². The minimum Gasteiger partial charge on any atom is -0.480 e. The quantitative estimate of drug-likeness (QED) is 0.793. The van der Waals surface area contributed by atoms with Crippen LogP contribution in [0.3, 0.4) is 0 Å². The molecule has 1 unspecified atom stereocenters. The van der Waals surface area contributed by atoms with Crippen LogP contribution in [-0.4, -0.2) is 34.0 Å². The molecule has 2 aromatic carbocycles. The van der Waals surface area contributed by atoms with E-state index in [-0.39, 0.29) is 12.3 Å². The number of carboxylic acids is 1. The molecule has 2 heterocycles. The largest absolute Gasteiger partial charge is 0.480 e. The van der Waals surface area contributed by atoms with Crippen LogP contribution in [0.4, 0.5) is 0 Å². The van der Waals surface area contributed by atoms with E-state index in [0.29, 0.717) is 25.1 Å². The lowest BCUT2D eigenvalue weighted by atomic mass is 9.99. The molecule has 25 heavy (non-hydrogen) atoms. The molecule has 1 amide bonds. The van der Waals surface area contributed by atoms with Gasteiger partial charge in [-0.3, -0.25) is 4.79 Å². The van der Waals surface area contributed by atoms with E-state index in [1.54, 1.807) is 6.92 Å². The lowest BCUT2D eigenvalue weighted by Crippen LogP contribution is -2.51. The van der Waals surface area contributed by atoms with Crippen LogP contribution < -0.4 is 0 Å². The first kappa shape index (κ1) is 15.7. The third-order valence-corrected chi connectivity index (χ3v) is 5.21. The van der Waals surface area contributed by atoms with Gasteiger partial charge in [0.05, 0.1) is 6.42 Å². The molecule has 0 aliphatic carbocycles. The van der Waals surface area contributed by atoms with E-state index in [9.17, 15) is 14.7 Å². The van der Waals surface area contributed by atoms with Crippen molar-refractivity contribution >= 4 is 33.6 Å². The van der Waals surface area contributed by atoms with Crippen LogP contribution in [0.25, 0.3) is 21.7 Å². The van der Waals surface area contributed by atoms with Crippen LogP contribution in [0.5, 0.6) is 0 Å². The molecule has 0 saturated carbocycles. The van der Waals surface area contributed by atoms with Crippen molar-refractivity contribution in [2.24, 2.45) is 0 Å². The summed E-state index contributed by atoms with van der Waals surface area (Å²) in [5.74, 6) is -0.587. The van der Waals surface area contributed by atoms with Gasteiger partial charge in [-0.25, -0.2) is 4.79 Å². The number of carbonyl (C=O) groups is 2. The predicted molar refractivity (Wildman–Crippen MR) is 94.4 cm³/mol. The Morgan fingerprint density at radius 3 is 2.80 bits per heavy atom. The molecular formula is C20H19NO4. The highest BCUT2D eigenvalue weighted by molar-refractivity contribution is 6.06. The molecule has 1 aromatic heterocycles. The van der Waals surface area contributed by atoms with Gasteiger partial charge in [-0.1, -0.05) is 30.3 Å². The number of furan rings is 1. The second kappa shape index (κ2) is 5.62. The predicted octanol–water partition coefficient (Wildman–Crippen LogP) is 3.59. The zero-order valence-electron chi connectivity index (χ0n) is 14.0. The van der Waals surface area contributed by atoms with Crippen molar-refractivity contribution in [3.63, 3.8) is 0 Å². The first-order chi connectivity index (χ1) is 12.0. The summed E-state index contributed by atoms with van der Waals surface area (Å²) in [5, 5.41) is 12.6. The van der Waals surface area contributed by atoms with Gasteiger partial charge in [0, 0.05) is 11.9 Å². The number of aliphatic carboxylic acids is 1. The minimum absolute atomic E-state index is 0.0753. The SMILES string of the molecule is CC1(C(=O)O)CCCN1C(=O)Cc1cc2c(ccc3ccccc32)o1. The molecular weight excluding hydrogens is 318 g/mol. The van der Waals surface area contributed by atoms with E-state index in [0.717, 1.165) is 21.7 Å². The van der Waals surface area contributed by atoms with Gasteiger partial charge in [-0.05, 0) is 42.7 Å². The van der Waals surface area contributed by atoms with E-state index >= 15 is 0 Å². The summed E-state index contributed by atoms with van der Waals surface area (Å²) >= 11 is 0. The number of hydrogen-bond acceptors (Lipinski definition) is 3. The molecule has 1 atom stereocenters. The maximum atomic E-state index is 12.7. The first-order valence-electron chi connectivity index (χ1n) is 8.43. The van der Waals surface area contributed by atoms with Crippen molar-refractivity contribution in [3.05, 3.63) is 48.2 Å². The molecule has 1 aliphatic rings. The van der Waals surface area contributed by atoms with Crippen molar-refractivity contribution in [2.75, 3.05) is 6.54 Å². The van der Waals surface area contributed by atoms with Crippen molar-refractivity contribution in [3.8, 4) is 0 Å². The fourth-order valence-electron chi connectivity index (χ4n) is 3.76. The minimum atomic E-state index is -1.12. The summed E-state index contributed by atoms with van der Waals surface area (Å²) in [6.45, 7) is 2.09. The first-order valence-corrected chi connectivity index (χ1v) is 8.43. The monoisotopic (exact) mass is 337 g/mol. The van der Waals surface area contributed by atoms with Crippen LogP contribution in [0.15, 0.2) is 46.9 Å². The van der Waals surface area contributed by atoms with Crippen LogP contribution >= 0.6 is 0 Å². The summed E-state index contributed by atoms with van der Waals surface area (Å²) < 4.78 is 5.84. The van der Waals surface area contributed by atoms with Gasteiger partial charge >= 0.3 is 5.97 Å². The van der Waals surface area contributed by atoms with Crippen LogP contribution in [0.1, 0.15) is 25.5 Å². The van der Waals surface area contributed by atoms with Gasteiger partial charge in [0.1, 0.15) is 16.9 Å². The van der Waals surface area contributed by atoms with E-state index in [2.05, 4.69) is 0 Å². The third-order valence-electron chi connectivity index (χ3n) is 5.21. The summed E-state index contributed by atoms with van der Waals surface area (Å²) in [6.07, 6.45) is 1.27. The van der Waals surface area contributed by atoms with Gasteiger partial charge in [-0.2, -0.15) is 0 Å². The fraction of sp³-hybridized carbons (Fsp3) is 0.300. The van der Waals surface area contributed by atoms with Gasteiger partial charge in [0.25, 0.3) is 0 Å². The zero-order chi connectivity index (χ0) is 17.6. The van der Waals surface area contributed by atoms with E-state index in [4.69, 9.17) is 4.42 Å². The Kier molecular flexibility index (Phi) is 3.53. The lowest BCUT2D eigenvalue weighted by Gasteiger charge is -2.31. The summed E-state index contributed by atoms with van der Waals surface area (Å²) in [4.78, 5) is 25.7. The summed E-state index contributed by atoms with van der Waals surface area (Å²) in [6, 6.07) is 13.8. The molecule has 0 radical (unpaired) electrons. The Bertz CT molecular complexity index is 990. The van der Waals surface area contributed by atoms with Gasteiger partial charge < -0.3 is 14.4 Å². The molecule has 0 bridgehead atoms. The topological polar surface area (TPSA) is 70.8 Å². The molecule has 1 N–H and O–H groups in total. The standard InChI is InChI=1S/C20H19NO4/c1-20(19(23)24)9-4-10-21(20)18(22)12-14-11-16-15-6-3-2-5-13(15)7-8-17(16)25-14/h2-3,5-8,11H,4,9-10,12H2,1H3,(H,23,24). The highest BCUT2D eigenvalue weighted by Gasteiger charge is 2.45. The fourth-order valence-corrected chi connectivity index (χ4v) is 3.76. The van der Waals surface area contributed by atoms with Crippen molar-refractivity contribution in [1.82, 2.24) is 4.90 Å². The Balaban J connectivity index is 1.66. The van der Waals surface area contributed by atoms with Crippen LogP contribution in [0.2, 0.25) is 0 Å². The molecule has 1 aliphatic heterocycles. The van der Waals surface area contributed by atoms with Crippen molar-refractivity contribution in [1.29, 1.82) is 0 Å².